The highest BCUT2D eigenvalue weighted by Gasteiger charge is 2.25. The first-order chi connectivity index (χ1) is 12.2. The highest BCUT2D eigenvalue weighted by atomic mass is 16.5. The molecule has 0 amide bonds. The summed E-state index contributed by atoms with van der Waals surface area (Å²) in [5.41, 5.74) is 2.17. The van der Waals surface area contributed by atoms with E-state index in [9.17, 15) is 0 Å². The van der Waals surface area contributed by atoms with Crippen LogP contribution >= 0.6 is 0 Å². The molecule has 0 radical (unpaired) electrons. The molecule has 136 valence electrons. The summed E-state index contributed by atoms with van der Waals surface area (Å²) in [6, 6.07) is 8.29. The van der Waals surface area contributed by atoms with E-state index in [1.54, 1.807) is 0 Å². The third-order valence-electron chi connectivity index (χ3n) is 4.77. The maximum absolute atomic E-state index is 5.95. The summed E-state index contributed by atoms with van der Waals surface area (Å²) in [5.74, 6) is 1.29. The fourth-order valence-corrected chi connectivity index (χ4v) is 3.17. The van der Waals surface area contributed by atoms with Gasteiger partial charge in [0.1, 0.15) is 0 Å². The summed E-state index contributed by atoms with van der Waals surface area (Å²) in [5, 5.41) is 8.52. The largest absolute Gasteiger partial charge is 0.419 e. The Hall–Kier alpha value is -1.76. The Bertz CT molecular complexity index is 665. The van der Waals surface area contributed by atoms with Gasteiger partial charge in [-0.25, -0.2) is 0 Å². The van der Waals surface area contributed by atoms with Crippen LogP contribution < -0.4 is 0 Å². The molecule has 0 spiro atoms. The lowest BCUT2D eigenvalue weighted by atomic mass is 10.1. The van der Waals surface area contributed by atoms with E-state index in [2.05, 4.69) is 46.0 Å². The molecule has 1 aromatic heterocycles. The van der Waals surface area contributed by atoms with Gasteiger partial charge < -0.3 is 9.15 Å². The lowest BCUT2D eigenvalue weighted by molar-refractivity contribution is 0.0622. The summed E-state index contributed by atoms with van der Waals surface area (Å²) >= 11 is 0. The number of aromatic nitrogens is 2. The molecule has 2 aromatic rings. The van der Waals surface area contributed by atoms with Crippen molar-refractivity contribution in [3.8, 4) is 11.5 Å². The fraction of sp³-hybridized carbons (Fsp3) is 0.579. The molecule has 2 heterocycles. The van der Waals surface area contributed by atoms with E-state index in [4.69, 9.17) is 9.15 Å². The molecule has 1 aliphatic rings. The van der Waals surface area contributed by atoms with Crippen LogP contribution in [0.5, 0.6) is 0 Å². The fourth-order valence-electron chi connectivity index (χ4n) is 3.17. The average Bonchev–Trinajstić information content (AvgIpc) is 3.12. The Morgan fingerprint density at radius 3 is 2.72 bits per heavy atom. The van der Waals surface area contributed by atoms with Gasteiger partial charge >= 0.3 is 0 Å². The molecule has 0 bridgehead atoms. The van der Waals surface area contributed by atoms with E-state index >= 15 is 0 Å². The molecule has 1 atom stereocenters. The predicted molar refractivity (Wildman–Crippen MR) is 97.4 cm³/mol. The van der Waals surface area contributed by atoms with Gasteiger partial charge in [-0.1, -0.05) is 17.7 Å². The van der Waals surface area contributed by atoms with Gasteiger partial charge in [-0.3, -0.25) is 9.80 Å². The van der Waals surface area contributed by atoms with Gasteiger partial charge in [0.25, 0.3) is 0 Å². The molecule has 25 heavy (non-hydrogen) atoms. The zero-order chi connectivity index (χ0) is 17.6. The van der Waals surface area contributed by atoms with Crippen molar-refractivity contribution in [1.29, 1.82) is 0 Å². The Morgan fingerprint density at radius 2 is 2.00 bits per heavy atom. The highest BCUT2D eigenvalue weighted by Crippen LogP contribution is 2.25. The van der Waals surface area contributed by atoms with Crippen molar-refractivity contribution in [1.82, 2.24) is 20.0 Å². The summed E-state index contributed by atoms with van der Waals surface area (Å²) in [6.45, 7) is 13.0. The number of piperazine rings is 1. The molecule has 0 unspecified atom stereocenters. The van der Waals surface area contributed by atoms with Crippen molar-refractivity contribution in [2.45, 2.75) is 26.8 Å². The minimum Gasteiger partial charge on any atom is -0.419 e. The van der Waals surface area contributed by atoms with E-state index in [-0.39, 0.29) is 6.04 Å². The van der Waals surface area contributed by atoms with Gasteiger partial charge in [-0.2, -0.15) is 0 Å². The van der Waals surface area contributed by atoms with Crippen LogP contribution in [0, 0.1) is 6.92 Å². The van der Waals surface area contributed by atoms with Crippen LogP contribution in [0.15, 0.2) is 28.7 Å². The molecule has 0 aliphatic carbocycles. The van der Waals surface area contributed by atoms with Gasteiger partial charge in [-0.15, -0.1) is 10.2 Å². The maximum Gasteiger partial charge on any atom is 0.247 e. The number of aryl methyl sites for hydroxylation is 1. The Balaban J connectivity index is 1.56. The number of hydrogen-bond acceptors (Lipinski definition) is 6. The van der Waals surface area contributed by atoms with Gasteiger partial charge in [-0.05, 0) is 32.9 Å². The molecular weight excluding hydrogens is 316 g/mol. The van der Waals surface area contributed by atoms with Crippen molar-refractivity contribution in [2.24, 2.45) is 0 Å². The SMILES string of the molecule is CCOCCN1CCN([C@@H](C)c2nnc(-c3cccc(C)c3)o2)CC1. The second-order valence-electron chi connectivity index (χ2n) is 6.57. The molecule has 6 heteroatoms. The number of ether oxygens (including phenoxy) is 1. The standard InChI is InChI=1S/C19H28N4O2/c1-4-24-13-12-22-8-10-23(11-9-22)16(3)18-20-21-19(25-18)17-7-5-6-15(2)14-17/h5-7,14,16H,4,8-13H2,1-3H3/t16-/m0/s1. The summed E-state index contributed by atoms with van der Waals surface area (Å²) in [4.78, 5) is 4.86. The van der Waals surface area contributed by atoms with Crippen LogP contribution in [-0.2, 0) is 4.74 Å². The lowest BCUT2D eigenvalue weighted by Gasteiger charge is -2.36. The third-order valence-corrected chi connectivity index (χ3v) is 4.77. The molecule has 1 aromatic carbocycles. The van der Waals surface area contributed by atoms with E-state index < -0.39 is 0 Å². The van der Waals surface area contributed by atoms with Crippen molar-refractivity contribution < 1.29 is 9.15 Å². The predicted octanol–water partition coefficient (Wildman–Crippen LogP) is 2.76. The Morgan fingerprint density at radius 1 is 1.20 bits per heavy atom. The summed E-state index contributed by atoms with van der Waals surface area (Å²) in [6.07, 6.45) is 0. The van der Waals surface area contributed by atoms with Crippen LogP contribution in [0.4, 0.5) is 0 Å². The molecule has 0 N–H and O–H groups in total. The summed E-state index contributed by atoms with van der Waals surface area (Å²) in [7, 11) is 0. The van der Waals surface area contributed by atoms with E-state index in [1.807, 2.05) is 19.1 Å². The van der Waals surface area contributed by atoms with Gasteiger partial charge in [0.2, 0.25) is 11.8 Å². The Labute approximate surface area is 149 Å². The zero-order valence-corrected chi connectivity index (χ0v) is 15.4. The first-order valence-electron chi connectivity index (χ1n) is 9.12. The van der Waals surface area contributed by atoms with Crippen LogP contribution in [0.2, 0.25) is 0 Å². The first kappa shape index (κ1) is 18.0. The van der Waals surface area contributed by atoms with Gasteiger partial charge in [0.05, 0.1) is 12.6 Å². The second-order valence-corrected chi connectivity index (χ2v) is 6.57. The van der Waals surface area contributed by atoms with Gasteiger partial charge in [0.15, 0.2) is 0 Å². The van der Waals surface area contributed by atoms with Gasteiger partial charge in [0, 0.05) is 44.9 Å². The van der Waals surface area contributed by atoms with Crippen molar-refractivity contribution >= 4 is 0 Å². The van der Waals surface area contributed by atoms with Crippen LogP contribution in [0.1, 0.15) is 31.3 Å². The van der Waals surface area contributed by atoms with E-state index in [1.165, 1.54) is 5.56 Å². The highest BCUT2D eigenvalue weighted by molar-refractivity contribution is 5.53. The normalized spacial score (nSPS) is 17.7. The van der Waals surface area contributed by atoms with Crippen molar-refractivity contribution in [3.05, 3.63) is 35.7 Å². The summed E-state index contributed by atoms with van der Waals surface area (Å²) < 4.78 is 11.4. The van der Waals surface area contributed by atoms with Crippen LogP contribution in [0.25, 0.3) is 11.5 Å². The molecule has 1 fully saturated rings. The zero-order valence-electron chi connectivity index (χ0n) is 15.4. The van der Waals surface area contributed by atoms with Crippen LogP contribution in [0.3, 0.4) is 0 Å². The molecule has 1 aliphatic heterocycles. The number of rotatable bonds is 7. The smallest absolute Gasteiger partial charge is 0.247 e. The third kappa shape index (κ3) is 4.66. The molecule has 3 rings (SSSR count). The van der Waals surface area contributed by atoms with Crippen molar-refractivity contribution in [3.63, 3.8) is 0 Å². The molecular formula is C19H28N4O2. The first-order valence-corrected chi connectivity index (χ1v) is 9.12. The number of benzene rings is 1. The quantitative estimate of drug-likeness (QED) is 0.720. The van der Waals surface area contributed by atoms with Crippen molar-refractivity contribution in [2.75, 3.05) is 45.9 Å². The monoisotopic (exact) mass is 344 g/mol. The average molecular weight is 344 g/mol. The molecule has 1 saturated heterocycles. The minimum absolute atomic E-state index is 0.139. The maximum atomic E-state index is 5.95. The minimum atomic E-state index is 0.139. The molecule has 0 saturated carbocycles. The number of nitrogens with zero attached hydrogens (tertiary/aromatic N) is 4. The second kappa shape index (κ2) is 8.56. The van der Waals surface area contributed by atoms with E-state index in [0.29, 0.717) is 11.8 Å². The Kier molecular flexibility index (Phi) is 6.18. The lowest BCUT2D eigenvalue weighted by Crippen LogP contribution is -2.48. The topological polar surface area (TPSA) is 54.6 Å². The molecule has 6 nitrogen and oxygen atoms in total. The van der Waals surface area contributed by atoms with E-state index in [0.717, 1.165) is 51.5 Å². The van der Waals surface area contributed by atoms with Crippen LogP contribution in [-0.4, -0.2) is 65.9 Å². The number of hydrogen-bond donors (Lipinski definition) is 0.